The van der Waals surface area contributed by atoms with E-state index in [-0.39, 0.29) is 36.1 Å². The zero-order valence-corrected chi connectivity index (χ0v) is 14.6. The highest BCUT2D eigenvalue weighted by Gasteiger charge is 2.57. The fourth-order valence-corrected chi connectivity index (χ4v) is 3.53. The van der Waals surface area contributed by atoms with E-state index < -0.39 is 5.54 Å². The standard InChI is InChI=1S/C19H19FN4O2/c1-10-8-23-15(9-22-10)16(25)6-11-3-4-14(20)12(5-11)19(2)13-7-17(13)26-18(21)24-19/h3-5,8-9,13,17H,6-7H2,1-2H3,(H2,21,24)/t13-,17+,19+/m0/s1. The first-order chi connectivity index (χ1) is 12.4. The van der Waals surface area contributed by atoms with E-state index in [1.54, 1.807) is 25.3 Å². The molecule has 3 atom stereocenters. The SMILES string of the molecule is Cc1cnc(C(=O)Cc2ccc(F)c([C@@]3(C)N=C(N)O[C@@H]4C[C@@H]43)c2)cn1. The van der Waals surface area contributed by atoms with Crippen molar-refractivity contribution in [1.82, 2.24) is 9.97 Å². The minimum atomic E-state index is -0.778. The maximum absolute atomic E-state index is 14.6. The number of carbonyl (C=O) groups excluding carboxylic acids is 1. The third kappa shape index (κ3) is 2.83. The van der Waals surface area contributed by atoms with E-state index in [4.69, 9.17) is 10.5 Å². The summed E-state index contributed by atoms with van der Waals surface area (Å²) in [6.07, 6.45) is 3.91. The minimum Gasteiger partial charge on any atom is -0.462 e. The zero-order valence-electron chi connectivity index (χ0n) is 14.6. The molecule has 0 spiro atoms. The van der Waals surface area contributed by atoms with Gasteiger partial charge in [-0.25, -0.2) is 14.4 Å². The summed E-state index contributed by atoms with van der Waals surface area (Å²) in [6, 6.07) is 4.77. The zero-order chi connectivity index (χ0) is 18.5. The Kier molecular flexibility index (Phi) is 3.75. The molecule has 2 N–H and O–H groups in total. The average Bonchev–Trinajstić information content (AvgIpc) is 3.37. The Morgan fingerprint density at radius 2 is 2.19 bits per heavy atom. The summed E-state index contributed by atoms with van der Waals surface area (Å²) in [7, 11) is 0. The van der Waals surface area contributed by atoms with Crippen molar-refractivity contribution in [2.45, 2.75) is 38.3 Å². The Balaban J connectivity index is 1.64. The van der Waals surface area contributed by atoms with Crippen molar-refractivity contribution in [3.8, 4) is 0 Å². The Labute approximate surface area is 150 Å². The largest absolute Gasteiger partial charge is 0.462 e. The van der Waals surface area contributed by atoms with Crippen LogP contribution in [-0.4, -0.2) is 27.9 Å². The van der Waals surface area contributed by atoms with Crippen LogP contribution in [0.4, 0.5) is 4.39 Å². The van der Waals surface area contributed by atoms with Crippen molar-refractivity contribution in [3.05, 3.63) is 58.9 Å². The van der Waals surface area contributed by atoms with Crippen LogP contribution in [0.3, 0.4) is 0 Å². The van der Waals surface area contributed by atoms with Crippen molar-refractivity contribution in [1.29, 1.82) is 0 Å². The average molecular weight is 354 g/mol. The summed E-state index contributed by atoms with van der Waals surface area (Å²) in [5.41, 5.74) is 7.16. The highest BCUT2D eigenvalue weighted by molar-refractivity contribution is 5.95. The molecule has 1 fully saturated rings. The number of carbonyl (C=O) groups is 1. The van der Waals surface area contributed by atoms with Gasteiger partial charge in [-0.3, -0.25) is 9.78 Å². The molecule has 1 saturated carbocycles. The van der Waals surface area contributed by atoms with Crippen LogP contribution in [0.2, 0.25) is 0 Å². The number of hydrogen-bond donors (Lipinski definition) is 1. The van der Waals surface area contributed by atoms with Crippen LogP contribution in [0, 0.1) is 18.7 Å². The molecule has 2 heterocycles. The Bertz CT molecular complexity index is 912. The molecule has 4 rings (SSSR count). The lowest BCUT2D eigenvalue weighted by Crippen LogP contribution is -2.35. The van der Waals surface area contributed by atoms with Gasteiger partial charge in [0.15, 0.2) is 5.78 Å². The first-order valence-electron chi connectivity index (χ1n) is 8.49. The fraction of sp³-hybridized carbons (Fsp3) is 0.368. The number of aliphatic imine (C=N–C) groups is 1. The summed E-state index contributed by atoms with van der Waals surface area (Å²) < 4.78 is 20.0. The number of fused-ring (bicyclic) bond motifs is 1. The van der Waals surface area contributed by atoms with E-state index in [2.05, 4.69) is 15.0 Å². The number of amidine groups is 1. The summed E-state index contributed by atoms with van der Waals surface area (Å²) in [6.45, 7) is 3.67. The molecule has 1 aromatic heterocycles. The van der Waals surface area contributed by atoms with Gasteiger partial charge in [-0.1, -0.05) is 6.07 Å². The van der Waals surface area contributed by atoms with E-state index in [9.17, 15) is 9.18 Å². The van der Waals surface area contributed by atoms with Gasteiger partial charge in [0.05, 0.1) is 17.4 Å². The molecule has 1 aromatic carbocycles. The van der Waals surface area contributed by atoms with E-state index in [1.807, 2.05) is 6.92 Å². The first-order valence-corrected chi connectivity index (χ1v) is 8.49. The number of aryl methyl sites for hydroxylation is 1. The molecule has 2 aliphatic rings. The van der Waals surface area contributed by atoms with Crippen molar-refractivity contribution >= 4 is 11.8 Å². The maximum Gasteiger partial charge on any atom is 0.283 e. The molecular formula is C19H19FN4O2. The Morgan fingerprint density at radius 1 is 1.38 bits per heavy atom. The van der Waals surface area contributed by atoms with Gasteiger partial charge in [-0.05, 0) is 38.0 Å². The van der Waals surface area contributed by atoms with Gasteiger partial charge >= 0.3 is 0 Å². The van der Waals surface area contributed by atoms with Crippen molar-refractivity contribution in [2.75, 3.05) is 0 Å². The number of nitrogens with zero attached hydrogens (tertiary/aromatic N) is 3. The van der Waals surface area contributed by atoms with E-state index >= 15 is 0 Å². The number of Topliss-reactive ketones (excluding diaryl/α,β-unsaturated/α-hetero) is 1. The Morgan fingerprint density at radius 3 is 2.92 bits per heavy atom. The second kappa shape index (κ2) is 5.86. The predicted molar refractivity (Wildman–Crippen MR) is 93.2 cm³/mol. The molecule has 0 bridgehead atoms. The van der Waals surface area contributed by atoms with Crippen LogP contribution in [0.5, 0.6) is 0 Å². The van der Waals surface area contributed by atoms with Crippen LogP contribution in [0.25, 0.3) is 0 Å². The summed E-state index contributed by atoms with van der Waals surface area (Å²) in [4.78, 5) is 25.0. The number of aromatic nitrogens is 2. The van der Waals surface area contributed by atoms with Gasteiger partial charge in [0.1, 0.15) is 17.6 Å². The normalized spacial score (nSPS) is 26.5. The lowest BCUT2D eigenvalue weighted by atomic mass is 9.85. The minimum absolute atomic E-state index is 0.00924. The monoisotopic (exact) mass is 354 g/mol. The lowest BCUT2D eigenvalue weighted by Gasteiger charge is -2.30. The smallest absolute Gasteiger partial charge is 0.283 e. The van der Waals surface area contributed by atoms with Gasteiger partial charge in [0.25, 0.3) is 6.02 Å². The van der Waals surface area contributed by atoms with Crippen LogP contribution >= 0.6 is 0 Å². The van der Waals surface area contributed by atoms with Crippen LogP contribution in [-0.2, 0) is 16.7 Å². The third-order valence-corrected chi connectivity index (χ3v) is 5.08. The molecule has 1 aliphatic carbocycles. The first kappa shape index (κ1) is 16.6. The summed E-state index contributed by atoms with van der Waals surface area (Å²) in [5, 5.41) is 0. The highest BCUT2D eigenvalue weighted by Crippen LogP contribution is 2.53. The number of rotatable bonds is 4. The molecule has 0 radical (unpaired) electrons. The number of ether oxygens (including phenoxy) is 1. The van der Waals surface area contributed by atoms with Crippen molar-refractivity contribution in [2.24, 2.45) is 16.6 Å². The van der Waals surface area contributed by atoms with Crippen LogP contribution < -0.4 is 5.73 Å². The maximum atomic E-state index is 14.6. The fourth-order valence-electron chi connectivity index (χ4n) is 3.53. The van der Waals surface area contributed by atoms with Gasteiger partial charge < -0.3 is 10.5 Å². The highest BCUT2D eigenvalue weighted by atomic mass is 19.1. The molecule has 0 amide bonds. The third-order valence-electron chi connectivity index (χ3n) is 5.08. The Hall–Kier alpha value is -2.83. The quantitative estimate of drug-likeness (QED) is 0.851. The number of halogens is 1. The van der Waals surface area contributed by atoms with Crippen LogP contribution in [0.15, 0.2) is 35.6 Å². The number of nitrogens with two attached hydrogens (primary N) is 1. The summed E-state index contributed by atoms with van der Waals surface area (Å²) >= 11 is 0. The molecule has 6 nitrogen and oxygen atoms in total. The lowest BCUT2D eigenvalue weighted by molar-refractivity contribution is 0.0987. The molecule has 134 valence electrons. The van der Waals surface area contributed by atoms with Gasteiger partial charge in [0, 0.05) is 24.1 Å². The molecule has 7 heteroatoms. The number of benzene rings is 1. The molecule has 26 heavy (non-hydrogen) atoms. The predicted octanol–water partition coefficient (Wildman–Crippen LogP) is 2.30. The van der Waals surface area contributed by atoms with E-state index in [0.29, 0.717) is 16.8 Å². The van der Waals surface area contributed by atoms with Crippen LogP contribution in [0.1, 0.15) is 40.7 Å². The molecule has 1 aliphatic heterocycles. The molecule has 0 saturated heterocycles. The topological polar surface area (TPSA) is 90.5 Å². The van der Waals surface area contributed by atoms with Crippen molar-refractivity contribution < 1.29 is 13.9 Å². The second-order valence-electron chi connectivity index (χ2n) is 7.05. The molecular weight excluding hydrogens is 335 g/mol. The molecule has 2 aromatic rings. The second-order valence-corrected chi connectivity index (χ2v) is 7.05. The molecule has 0 unspecified atom stereocenters. The van der Waals surface area contributed by atoms with E-state index in [0.717, 1.165) is 12.1 Å². The summed E-state index contributed by atoms with van der Waals surface area (Å²) in [5.74, 6) is -0.430. The number of hydrogen-bond acceptors (Lipinski definition) is 6. The van der Waals surface area contributed by atoms with E-state index in [1.165, 1.54) is 12.3 Å². The van der Waals surface area contributed by atoms with Gasteiger partial charge in [0.2, 0.25) is 0 Å². The van der Waals surface area contributed by atoms with Gasteiger partial charge in [-0.15, -0.1) is 0 Å². The van der Waals surface area contributed by atoms with Gasteiger partial charge in [-0.2, -0.15) is 0 Å². The number of ketones is 1. The van der Waals surface area contributed by atoms with Crippen molar-refractivity contribution in [3.63, 3.8) is 0 Å².